The fraction of sp³-hybridized carbons (Fsp3) is 0.353. The molecule has 0 saturated carbocycles. The van der Waals surface area contributed by atoms with Crippen LogP contribution >= 0.6 is 0 Å². The van der Waals surface area contributed by atoms with Crippen LogP contribution in [0.1, 0.15) is 17.3 Å². The molecule has 7 nitrogen and oxygen atoms in total. The molecule has 1 aromatic carbocycles. The fourth-order valence-corrected chi connectivity index (χ4v) is 2.82. The number of nitrogens with one attached hydrogen (secondary N) is 2. The highest BCUT2D eigenvalue weighted by Crippen LogP contribution is 2.31. The van der Waals surface area contributed by atoms with Crippen molar-refractivity contribution >= 4 is 23.4 Å². The Morgan fingerprint density at radius 2 is 2.19 bits per heavy atom. The molecule has 0 radical (unpaired) electrons. The third-order valence-electron chi connectivity index (χ3n) is 4.28. The first-order chi connectivity index (χ1) is 12.2. The average Bonchev–Trinajstić information content (AvgIpc) is 2.89. The Bertz CT molecular complexity index is 796. The molecule has 9 heteroatoms. The molecule has 2 aliphatic heterocycles. The first kappa shape index (κ1) is 17.8. The largest absolute Gasteiger partial charge is 0.479 e. The summed E-state index contributed by atoms with van der Waals surface area (Å²) in [6.45, 7) is 3.75. The van der Waals surface area contributed by atoms with Gasteiger partial charge in [-0.2, -0.15) is 0 Å². The summed E-state index contributed by atoms with van der Waals surface area (Å²) in [4.78, 5) is 36.5. The maximum atomic E-state index is 14.1. The number of benzene rings is 1. The van der Waals surface area contributed by atoms with Crippen molar-refractivity contribution in [3.05, 3.63) is 36.4 Å². The molecule has 0 bridgehead atoms. The number of carbonyl (C=O) groups is 3. The molecule has 0 spiro atoms. The number of likely N-dealkylation sites (tertiary alicyclic amines) is 1. The van der Waals surface area contributed by atoms with Crippen molar-refractivity contribution in [3.8, 4) is 5.75 Å². The van der Waals surface area contributed by atoms with E-state index in [-0.39, 0.29) is 18.0 Å². The number of anilines is 1. The van der Waals surface area contributed by atoms with Crippen molar-refractivity contribution in [2.45, 2.75) is 25.0 Å². The molecular weight excluding hydrogens is 348 g/mol. The van der Waals surface area contributed by atoms with Gasteiger partial charge >= 0.3 is 0 Å². The summed E-state index contributed by atoms with van der Waals surface area (Å²) in [5, 5.41) is 4.84. The molecule has 3 rings (SSSR count). The Hall–Kier alpha value is -2.97. The van der Waals surface area contributed by atoms with Crippen LogP contribution in [0.5, 0.6) is 5.75 Å². The van der Waals surface area contributed by atoms with Gasteiger partial charge in [-0.1, -0.05) is 6.58 Å². The van der Waals surface area contributed by atoms with E-state index >= 15 is 0 Å². The lowest BCUT2D eigenvalue weighted by atomic mass is 10.1. The first-order valence-corrected chi connectivity index (χ1v) is 7.93. The van der Waals surface area contributed by atoms with Gasteiger partial charge in [-0.3, -0.25) is 14.4 Å². The topological polar surface area (TPSA) is 87.7 Å². The van der Waals surface area contributed by atoms with Gasteiger partial charge in [-0.05, 0) is 31.2 Å². The van der Waals surface area contributed by atoms with E-state index in [2.05, 4.69) is 17.2 Å². The van der Waals surface area contributed by atoms with Gasteiger partial charge in [0, 0.05) is 12.1 Å². The Morgan fingerprint density at radius 1 is 1.46 bits per heavy atom. The number of fused-ring (bicyclic) bond motifs is 1. The third-order valence-corrected chi connectivity index (χ3v) is 4.28. The predicted molar refractivity (Wildman–Crippen MR) is 88.1 cm³/mol. The quantitative estimate of drug-likeness (QED) is 0.787. The van der Waals surface area contributed by atoms with E-state index in [1.54, 1.807) is 6.92 Å². The maximum absolute atomic E-state index is 14.1. The summed E-state index contributed by atoms with van der Waals surface area (Å²) in [5.41, 5.74) is 0.383. The van der Waals surface area contributed by atoms with Crippen LogP contribution in [0.3, 0.4) is 0 Å². The SMILES string of the molecule is C=CC(=O)N1CC(NC(=O)c2ccc3c(c2)NC(=O)C(C)O3)C(F)(F)C1. The van der Waals surface area contributed by atoms with Crippen molar-refractivity contribution in [1.29, 1.82) is 0 Å². The van der Waals surface area contributed by atoms with E-state index in [0.29, 0.717) is 11.4 Å². The summed E-state index contributed by atoms with van der Waals surface area (Å²) in [7, 11) is 0. The van der Waals surface area contributed by atoms with Crippen molar-refractivity contribution < 1.29 is 27.9 Å². The fourth-order valence-electron chi connectivity index (χ4n) is 2.82. The average molecular weight is 365 g/mol. The Kier molecular flexibility index (Phi) is 4.39. The lowest BCUT2D eigenvalue weighted by molar-refractivity contribution is -0.126. The van der Waals surface area contributed by atoms with Crippen molar-refractivity contribution in [2.24, 2.45) is 0 Å². The summed E-state index contributed by atoms with van der Waals surface area (Å²) in [6, 6.07) is 2.74. The smallest absolute Gasteiger partial charge is 0.286 e. The summed E-state index contributed by atoms with van der Waals surface area (Å²) < 4.78 is 33.5. The van der Waals surface area contributed by atoms with Gasteiger partial charge in [-0.15, -0.1) is 0 Å². The number of rotatable bonds is 3. The van der Waals surface area contributed by atoms with Crippen LogP contribution in [-0.4, -0.2) is 53.8 Å². The minimum Gasteiger partial charge on any atom is -0.479 e. The van der Waals surface area contributed by atoms with Gasteiger partial charge in [0.2, 0.25) is 5.91 Å². The molecule has 1 aromatic rings. The molecule has 2 atom stereocenters. The van der Waals surface area contributed by atoms with Crippen LogP contribution in [0.15, 0.2) is 30.9 Å². The van der Waals surface area contributed by atoms with E-state index in [1.165, 1.54) is 18.2 Å². The van der Waals surface area contributed by atoms with E-state index < -0.39 is 36.4 Å². The molecule has 0 aromatic heterocycles. The minimum atomic E-state index is -3.25. The lowest BCUT2D eigenvalue weighted by Crippen LogP contribution is -2.46. The van der Waals surface area contributed by atoms with Crippen LogP contribution in [0.25, 0.3) is 0 Å². The highest BCUT2D eigenvalue weighted by molar-refractivity contribution is 6.01. The molecule has 2 N–H and O–H groups in total. The molecule has 138 valence electrons. The Labute approximate surface area is 148 Å². The number of amides is 3. The number of alkyl halides is 2. The standard InChI is InChI=1S/C17H17F2N3O4/c1-3-14(23)22-7-13(17(18,19)8-22)21-16(25)10-4-5-12-11(6-10)20-15(24)9(2)26-12/h3-6,9,13H,1,7-8H2,2H3,(H,20,24)(H,21,25). The monoisotopic (exact) mass is 365 g/mol. The number of hydrogen-bond donors (Lipinski definition) is 2. The summed E-state index contributed by atoms with van der Waals surface area (Å²) in [6.07, 6.45) is 0.292. The van der Waals surface area contributed by atoms with Crippen LogP contribution < -0.4 is 15.4 Å². The van der Waals surface area contributed by atoms with Crippen LogP contribution in [0.4, 0.5) is 14.5 Å². The molecule has 1 saturated heterocycles. The molecule has 1 fully saturated rings. The summed E-state index contributed by atoms with van der Waals surface area (Å²) >= 11 is 0. The Balaban J connectivity index is 1.74. The van der Waals surface area contributed by atoms with E-state index in [9.17, 15) is 23.2 Å². The zero-order valence-electron chi connectivity index (χ0n) is 13.9. The normalized spacial score (nSPS) is 23.5. The van der Waals surface area contributed by atoms with E-state index in [4.69, 9.17) is 4.74 Å². The molecular formula is C17H17F2N3O4. The molecule has 3 amide bonds. The van der Waals surface area contributed by atoms with Gasteiger partial charge < -0.3 is 20.3 Å². The number of carbonyl (C=O) groups excluding carboxylic acids is 3. The van der Waals surface area contributed by atoms with Gasteiger partial charge in [0.25, 0.3) is 17.7 Å². The highest BCUT2D eigenvalue weighted by atomic mass is 19.3. The van der Waals surface area contributed by atoms with E-state index in [0.717, 1.165) is 11.0 Å². The van der Waals surface area contributed by atoms with Crippen LogP contribution in [0, 0.1) is 0 Å². The van der Waals surface area contributed by atoms with Crippen LogP contribution in [0.2, 0.25) is 0 Å². The second-order valence-electron chi connectivity index (χ2n) is 6.17. The molecule has 0 aliphatic carbocycles. The van der Waals surface area contributed by atoms with Gasteiger partial charge in [0.1, 0.15) is 11.8 Å². The number of hydrogen-bond acceptors (Lipinski definition) is 4. The summed E-state index contributed by atoms with van der Waals surface area (Å²) in [5.74, 6) is -4.59. The van der Waals surface area contributed by atoms with Crippen molar-refractivity contribution in [1.82, 2.24) is 10.2 Å². The first-order valence-electron chi connectivity index (χ1n) is 7.93. The molecule has 2 heterocycles. The third kappa shape index (κ3) is 3.24. The zero-order chi connectivity index (χ0) is 19.1. The van der Waals surface area contributed by atoms with Crippen LogP contribution in [-0.2, 0) is 9.59 Å². The predicted octanol–water partition coefficient (Wildman–Crippen LogP) is 1.17. The highest BCUT2D eigenvalue weighted by Gasteiger charge is 2.50. The minimum absolute atomic E-state index is 0.0894. The molecule has 2 aliphatic rings. The number of ether oxygens (including phenoxy) is 1. The maximum Gasteiger partial charge on any atom is 0.286 e. The number of nitrogens with zero attached hydrogens (tertiary/aromatic N) is 1. The van der Waals surface area contributed by atoms with Crippen molar-refractivity contribution in [3.63, 3.8) is 0 Å². The van der Waals surface area contributed by atoms with Gasteiger partial charge in [0.05, 0.1) is 12.2 Å². The second kappa shape index (κ2) is 6.40. The number of halogens is 2. The van der Waals surface area contributed by atoms with Crippen molar-refractivity contribution in [2.75, 3.05) is 18.4 Å². The second-order valence-corrected chi connectivity index (χ2v) is 6.17. The van der Waals surface area contributed by atoms with Gasteiger partial charge in [-0.25, -0.2) is 8.78 Å². The van der Waals surface area contributed by atoms with Gasteiger partial charge in [0.15, 0.2) is 6.10 Å². The van der Waals surface area contributed by atoms with E-state index in [1.807, 2.05) is 0 Å². The zero-order valence-corrected chi connectivity index (χ0v) is 13.9. The lowest BCUT2D eigenvalue weighted by Gasteiger charge is -2.24. The Morgan fingerprint density at radius 3 is 2.88 bits per heavy atom. The molecule has 26 heavy (non-hydrogen) atoms. The molecule has 2 unspecified atom stereocenters.